The standard InChI is InChI=1S/C14H9BrClN3O/c15-9-5-6-11(16)10(7-9)14(20)18-19-8-17-12-3-1-2-4-13(12)19/h1-8H,(H,18,20). The number of hydrogen-bond acceptors (Lipinski definition) is 2. The van der Waals surface area contributed by atoms with Crippen molar-refractivity contribution in [2.45, 2.75) is 0 Å². The van der Waals surface area contributed by atoms with Crippen molar-refractivity contribution in [3.05, 3.63) is 63.9 Å². The van der Waals surface area contributed by atoms with Crippen LogP contribution < -0.4 is 5.43 Å². The Morgan fingerprint density at radius 3 is 2.90 bits per heavy atom. The quantitative estimate of drug-likeness (QED) is 0.763. The van der Waals surface area contributed by atoms with E-state index in [1.54, 1.807) is 29.2 Å². The maximum atomic E-state index is 12.3. The molecule has 20 heavy (non-hydrogen) atoms. The molecule has 1 aromatic heterocycles. The zero-order valence-corrected chi connectivity index (χ0v) is 12.5. The summed E-state index contributed by atoms with van der Waals surface area (Å²) in [4.78, 5) is 16.5. The molecule has 3 aromatic rings. The van der Waals surface area contributed by atoms with E-state index in [9.17, 15) is 4.79 Å². The average molecular weight is 351 g/mol. The van der Waals surface area contributed by atoms with E-state index in [0.717, 1.165) is 15.5 Å². The molecule has 0 bridgehead atoms. The van der Waals surface area contributed by atoms with Crippen LogP contribution in [-0.2, 0) is 0 Å². The predicted octanol–water partition coefficient (Wildman–Crippen LogP) is 3.84. The molecule has 0 aliphatic rings. The third-order valence-corrected chi connectivity index (χ3v) is 3.67. The number of carbonyl (C=O) groups is 1. The number of nitrogens with one attached hydrogen (secondary N) is 1. The Balaban J connectivity index is 1.94. The van der Waals surface area contributed by atoms with Crippen LogP contribution in [-0.4, -0.2) is 15.6 Å². The van der Waals surface area contributed by atoms with Gasteiger partial charge in [0.05, 0.1) is 21.6 Å². The van der Waals surface area contributed by atoms with Crippen molar-refractivity contribution in [2.75, 3.05) is 5.43 Å². The van der Waals surface area contributed by atoms with E-state index in [1.807, 2.05) is 24.3 Å². The highest BCUT2D eigenvalue weighted by atomic mass is 79.9. The average Bonchev–Trinajstić information content (AvgIpc) is 2.85. The van der Waals surface area contributed by atoms with Gasteiger partial charge in [0.25, 0.3) is 5.91 Å². The molecular formula is C14H9BrClN3O. The minimum absolute atomic E-state index is 0.292. The fourth-order valence-corrected chi connectivity index (χ4v) is 2.45. The summed E-state index contributed by atoms with van der Waals surface area (Å²) >= 11 is 9.37. The lowest BCUT2D eigenvalue weighted by atomic mass is 10.2. The molecule has 0 unspecified atom stereocenters. The second-order valence-electron chi connectivity index (χ2n) is 4.17. The number of amides is 1. The Bertz CT molecular complexity index is 800. The normalized spacial score (nSPS) is 10.7. The van der Waals surface area contributed by atoms with Crippen molar-refractivity contribution < 1.29 is 4.79 Å². The van der Waals surface area contributed by atoms with Crippen molar-refractivity contribution in [3.8, 4) is 0 Å². The van der Waals surface area contributed by atoms with Crippen LogP contribution in [0.4, 0.5) is 0 Å². The van der Waals surface area contributed by atoms with Gasteiger partial charge in [-0.25, -0.2) is 9.66 Å². The van der Waals surface area contributed by atoms with Crippen molar-refractivity contribution in [1.82, 2.24) is 9.66 Å². The molecule has 0 atom stereocenters. The van der Waals surface area contributed by atoms with Crippen molar-refractivity contribution in [3.63, 3.8) is 0 Å². The largest absolute Gasteiger partial charge is 0.271 e. The number of benzene rings is 2. The summed E-state index contributed by atoms with van der Waals surface area (Å²) in [7, 11) is 0. The molecule has 0 fully saturated rings. The zero-order valence-electron chi connectivity index (χ0n) is 10.2. The van der Waals surface area contributed by atoms with Crippen molar-refractivity contribution in [1.29, 1.82) is 0 Å². The van der Waals surface area contributed by atoms with Crippen molar-refractivity contribution >= 4 is 44.5 Å². The Kier molecular flexibility index (Phi) is 3.46. The smallest absolute Gasteiger partial charge is 0.267 e. The summed E-state index contributed by atoms with van der Waals surface area (Å²) in [5.74, 6) is -0.292. The van der Waals surface area contributed by atoms with Gasteiger partial charge in [-0.1, -0.05) is 39.7 Å². The van der Waals surface area contributed by atoms with Crippen LogP contribution in [0.2, 0.25) is 5.02 Å². The van der Waals surface area contributed by atoms with Crippen molar-refractivity contribution in [2.24, 2.45) is 0 Å². The predicted molar refractivity (Wildman–Crippen MR) is 82.6 cm³/mol. The highest BCUT2D eigenvalue weighted by Crippen LogP contribution is 2.21. The number of rotatable bonds is 2. The summed E-state index contributed by atoms with van der Waals surface area (Å²) in [6, 6.07) is 12.7. The molecule has 0 spiro atoms. The first-order valence-electron chi connectivity index (χ1n) is 5.83. The summed E-state index contributed by atoms with van der Waals surface area (Å²) in [6.45, 7) is 0. The number of hydrogen-bond donors (Lipinski definition) is 1. The van der Waals surface area contributed by atoms with E-state index in [-0.39, 0.29) is 5.91 Å². The van der Waals surface area contributed by atoms with Crippen LogP contribution in [0.3, 0.4) is 0 Å². The molecule has 0 saturated heterocycles. The maximum absolute atomic E-state index is 12.3. The van der Waals surface area contributed by atoms with Gasteiger partial charge in [-0.05, 0) is 30.3 Å². The lowest BCUT2D eigenvalue weighted by Crippen LogP contribution is -2.22. The number of imidazole rings is 1. The number of halogens is 2. The van der Waals surface area contributed by atoms with Crippen LogP contribution >= 0.6 is 27.5 Å². The van der Waals surface area contributed by atoms with Crippen LogP contribution in [0, 0.1) is 0 Å². The fraction of sp³-hybridized carbons (Fsp3) is 0. The molecule has 6 heteroatoms. The van der Waals surface area contributed by atoms with Gasteiger partial charge in [-0.15, -0.1) is 0 Å². The van der Waals surface area contributed by atoms with E-state index in [0.29, 0.717) is 10.6 Å². The van der Waals surface area contributed by atoms with Crippen LogP contribution in [0.15, 0.2) is 53.3 Å². The monoisotopic (exact) mass is 349 g/mol. The third-order valence-electron chi connectivity index (χ3n) is 2.85. The minimum Gasteiger partial charge on any atom is -0.267 e. The topological polar surface area (TPSA) is 46.9 Å². The van der Waals surface area contributed by atoms with Gasteiger partial charge in [-0.3, -0.25) is 10.2 Å². The molecule has 0 radical (unpaired) electrons. The molecule has 0 aliphatic heterocycles. The van der Waals surface area contributed by atoms with Gasteiger partial charge in [0.1, 0.15) is 6.33 Å². The van der Waals surface area contributed by atoms with Gasteiger partial charge in [0.2, 0.25) is 0 Å². The Morgan fingerprint density at radius 2 is 2.05 bits per heavy atom. The fourth-order valence-electron chi connectivity index (χ4n) is 1.89. The van der Waals surface area contributed by atoms with Crippen LogP contribution in [0.1, 0.15) is 10.4 Å². The SMILES string of the molecule is O=C(Nn1cnc2ccccc21)c1cc(Br)ccc1Cl. The van der Waals surface area contributed by atoms with Gasteiger partial charge in [0, 0.05) is 4.47 Å². The summed E-state index contributed by atoms with van der Waals surface area (Å²) in [6.07, 6.45) is 1.56. The molecule has 1 N–H and O–H groups in total. The molecule has 0 saturated carbocycles. The van der Waals surface area contributed by atoms with E-state index in [1.165, 1.54) is 0 Å². The number of nitrogens with zero attached hydrogens (tertiary/aromatic N) is 2. The van der Waals surface area contributed by atoms with Crippen LogP contribution in [0.25, 0.3) is 11.0 Å². The van der Waals surface area contributed by atoms with Gasteiger partial charge >= 0.3 is 0 Å². The van der Waals surface area contributed by atoms with Gasteiger partial charge in [0.15, 0.2) is 0 Å². The first kappa shape index (κ1) is 13.1. The van der Waals surface area contributed by atoms with E-state index in [4.69, 9.17) is 11.6 Å². The number of fused-ring (bicyclic) bond motifs is 1. The van der Waals surface area contributed by atoms with E-state index >= 15 is 0 Å². The summed E-state index contributed by atoms with van der Waals surface area (Å²) in [5, 5.41) is 0.398. The second kappa shape index (κ2) is 5.26. The first-order valence-corrected chi connectivity index (χ1v) is 7.01. The lowest BCUT2D eigenvalue weighted by Gasteiger charge is -2.08. The lowest BCUT2D eigenvalue weighted by molar-refractivity contribution is 0.101. The zero-order chi connectivity index (χ0) is 14.1. The number of carbonyl (C=O) groups excluding carboxylic acids is 1. The van der Waals surface area contributed by atoms with Gasteiger partial charge < -0.3 is 0 Å². The molecule has 2 aromatic carbocycles. The molecule has 1 amide bonds. The Morgan fingerprint density at radius 1 is 1.25 bits per heavy atom. The molecular weight excluding hydrogens is 342 g/mol. The van der Waals surface area contributed by atoms with Crippen LogP contribution in [0.5, 0.6) is 0 Å². The number of para-hydroxylation sites is 2. The Labute approximate surface area is 128 Å². The molecule has 1 heterocycles. The highest BCUT2D eigenvalue weighted by molar-refractivity contribution is 9.10. The second-order valence-corrected chi connectivity index (χ2v) is 5.49. The van der Waals surface area contributed by atoms with Gasteiger partial charge in [-0.2, -0.15) is 0 Å². The molecule has 100 valence electrons. The molecule has 4 nitrogen and oxygen atoms in total. The Hall–Kier alpha value is -1.85. The summed E-state index contributed by atoms with van der Waals surface area (Å²) < 4.78 is 2.37. The maximum Gasteiger partial charge on any atom is 0.271 e. The summed E-state index contributed by atoms with van der Waals surface area (Å²) in [5.41, 5.74) is 4.80. The molecule has 0 aliphatic carbocycles. The van der Waals surface area contributed by atoms with E-state index < -0.39 is 0 Å². The van der Waals surface area contributed by atoms with E-state index in [2.05, 4.69) is 26.3 Å². The highest BCUT2D eigenvalue weighted by Gasteiger charge is 2.12. The molecule has 3 rings (SSSR count). The minimum atomic E-state index is -0.292. The first-order chi connectivity index (χ1) is 9.65. The third kappa shape index (κ3) is 2.42. The number of aromatic nitrogens is 2.